The van der Waals surface area contributed by atoms with Gasteiger partial charge < -0.3 is 9.30 Å². The van der Waals surface area contributed by atoms with Gasteiger partial charge in [-0.3, -0.25) is 0 Å². The summed E-state index contributed by atoms with van der Waals surface area (Å²) in [6.45, 7) is 0. The lowest BCUT2D eigenvalue weighted by molar-refractivity contribution is -0.139. The fourth-order valence-corrected chi connectivity index (χ4v) is 2.02. The van der Waals surface area contributed by atoms with Gasteiger partial charge in [0.05, 0.1) is 12.7 Å². The number of benzene rings is 1. The molecule has 112 valence electrons. The van der Waals surface area contributed by atoms with Crippen LogP contribution >= 0.6 is 0 Å². The standard InChI is InChI=1S/C14H11F4NO2/c1-19-6-5-9(12(19)13(20)21-2)8-3-4-11(15)10(7-8)14(16,17)18/h3-7H,1-2H3. The average Bonchev–Trinajstić information content (AvgIpc) is 2.79. The summed E-state index contributed by atoms with van der Waals surface area (Å²) in [5, 5.41) is 0. The van der Waals surface area contributed by atoms with Crippen LogP contribution in [0.2, 0.25) is 0 Å². The number of carbonyl (C=O) groups excluding carboxylic acids is 1. The first kappa shape index (κ1) is 15.1. The minimum atomic E-state index is -4.81. The van der Waals surface area contributed by atoms with E-state index < -0.39 is 23.5 Å². The van der Waals surface area contributed by atoms with Crippen LogP contribution in [-0.2, 0) is 18.0 Å². The van der Waals surface area contributed by atoms with E-state index in [4.69, 9.17) is 0 Å². The third-order valence-electron chi connectivity index (χ3n) is 3.03. The van der Waals surface area contributed by atoms with Gasteiger partial charge in [0.1, 0.15) is 11.5 Å². The molecule has 2 aromatic rings. The van der Waals surface area contributed by atoms with Crippen LogP contribution in [0.4, 0.5) is 17.6 Å². The number of alkyl halides is 3. The Hall–Kier alpha value is -2.31. The number of nitrogens with zero attached hydrogens (tertiary/aromatic N) is 1. The Labute approximate surface area is 117 Å². The molecule has 0 spiro atoms. The van der Waals surface area contributed by atoms with Gasteiger partial charge in [0, 0.05) is 18.8 Å². The first-order valence-electron chi connectivity index (χ1n) is 5.86. The monoisotopic (exact) mass is 301 g/mol. The van der Waals surface area contributed by atoms with E-state index in [9.17, 15) is 22.4 Å². The van der Waals surface area contributed by atoms with Gasteiger partial charge in [0.15, 0.2) is 0 Å². The number of aryl methyl sites for hydroxylation is 1. The average molecular weight is 301 g/mol. The molecule has 0 N–H and O–H groups in total. The van der Waals surface area contributed by atoms with Gasteiger partial charge in [0.25, 0.3) is 0 Å². The summed E-state index contributed by atoms with van der Waals surface area (Å²) in [4.78, 5) is 11.7. The summed E-state index contributed by atoms with van der Waals surface area (Å²) < 4.78 is 57.5. The Morgan fingerprint density at radius 3 is 2.48 bits per heavy atom. The zero-order valence-electron chi connectivity index (χ0n) is 11.2. The van der Waals surface area contributed by atoms with Crippen molar-refractivity contribution < 1.29 is 27.1 Å². The largest absolute Gasteiger partial charge is 0.464 e. The van der Waals surface area contributed by atoms with E-state index in [-0.39, 0.29) is 16.8 Å². The van der Waals surface area contributed by atoms with E-state index in [1.54, 1.807) is 7.05 Å². The number of ether oxygens (including phenoxy) is 1. The summed E-state index contributed by atoms with van der Waals surface area (Å²) in [7, 11) is 2.73. The van der Waals surface area contributed by atoms with Crippen molar-refractivity contribution in [3.05, 3.63) is 47.5 Å². The van der Waals surface area contributed by atoms with Crippen molar-refractivity contribution >= 4 is 5.97 Å². The smallest absolute Gasteiger partial charge is 0.419 e. The second-order valence-corrected chi connectivity index (χ2v) is 4.37. The van der Waals surface area contributed by atoms with Crippen LogP contribution in [-0.4, -0.2) is 17.6 Å². The Morgan fingerprint density at radius 1 is 1.24 bits per heavy atom. The van der Waals surface area contributed by atoms with Crippen LogP contribution in [0.1, 0.15) is 16.1 Å². The normalized spacial score (nSPS) is 11.5. The summed E-state index contributed by atoms with van der Waals surface area (Å²) in [6, 6.07) is 4.06. The van der Waals surface area contributed by atoms with E-state index >= 15 is 0 Å². The first-order chi connectivity index (χ1) is 9.75. The number of methoxy groups -OCH3 is 1. The maximum absolute atomic E-state index is 13.3. The minimum Gasteiger partial charge on any atom is -0.464 e. The zero-order valence-corrected chi connectivity index (χ0v) is 11.2. The SMILES string of the molecule is COC(=O)c1c(-c2ccc(F)c(C(F)(F)F)c2)ccn1C. The molecule has 2 rings (SSSR count). The van der Waals surface area contributed by atoms with Crippen molar-refractivity contribution in [3.8, 4) is 11.1 Å². The Morgan fingerprint density at radius 2 is 1.90 bits per heavy atom. The number of esters is 1. The lowest BCUT2D eigenvalue weighted by Crippen LogP contribution is -2.10. The summed E-state index contributed by atoms with van der Waals surface area (Å²) in [5.41, 5.74) is -0.948. The van der Waals surface area contributed by atoms with Crippen molar-refractivity contribution in [1.82, 2.24) is 4.57 Å². The van der Waals surface area contributed by atoms with Crippen LogP contribution in [0, 0.1) is 5.82 Å². The molecule has 0 amide bonds. The molecule has 7 heteroatoms. The summed E-state index contributed by atoms with van der Waals surface area (Å²) in [5.74, 6) is -2.04. The van der Waals surface area contributed by atoms with Gasteiger partial charge in [-0.05, 0) is 23.8 Å². The molecule has 1 aromatic heterocycles. The molecule has 0 aliphatic carbocycles. The molecule has 0 saturated heterocycles. The van der Waals surface area contributed by atoms with Crippen molar-refractivity contribution in [2.45, 2.75) is 6.18 Å². The second kappa shape index (κ2) is 5.23. The summed E-state index contributed by atoms with van der Waals surface area (Å²) in [6.07, 6.45) is -3.29. The van der Waals surface area contributed by atoms with Gasteiger partial charge in [-0.15, -0.1) is 0 Å². The predicted molar refractivity (Wildman–Crippen MR) is 67.1 cm³/mol. The lowest BCUT2D eigenvalue weighted by atomic mass is 10.0. The molecule has 0 bridgehead atoms. The molecule has 0 atom stereocenters. The zero-order chi connectivity index (χ0) is 15.8. The molecule has 3 nitrogen and oxygen atoms in total. The van der Waals surface area contributed by atoms with E-state index in [0.717, 1.165) is 6.07 Å². The fraction of sp³-hybridized carbons (Fsp3) is 0.214. The minimum absolute atomic E-state index is 0.0877. The first-order valence-corrected chi connectivity index (χ1v) is 5.86. The van der Waals surface area contributed by atoms with E-state index in [2.05, 4.69) is 4.74 Å². The third-order valence-corrected chi connectivity index (χ3v) is 3.03. The quantitative estimate of drug-likeness (QED) is 0.626. The van der Waals surface area contributed by atoms with Crippen molar-refractivity contribution in [2.24, 2.45) is 7.05 Å². The van der Waals surface area contributed by atoms with Crippen molar-refractivity contribution in [1.29, 1.82) is 0 Å². The topological polar surface area (TPSA) is 31.2 Å². The second-order valence-electron chi connectivity index (χ2n) is 4.37. The van der Waals surface area contributed by atoms with Crippen LogP contribution in [0.15, 0.2) is 30.5 Å². The highest BCUT2D eigenvalue weighted by atomic mass is 19.4. The highest BCUT2D eigenvalue weighted by Gasteiger charge is 2.34. The molecule has 0 aliphatic rings. The van der Waals surface area contributed by atoms with Gasteiger partial charge in [-0.1, -0.05) is 6.07 Å². The lowest BCUT2D eigenvalue weighted by Gasteiger charge is -2.11. The Kier molecular flexibility index (Phi) is 3.76. The third kappa shape index (κ3) is 2.76. The van der Waals surface area contributed by atoms with Crippen molar-refractivity contribution in [3.63, 3.8) is 0 Å². The van der Waals surface area contributed by atoms with Crippen molar-refractivity contribution in [2.75, 3.05) is 7.11 Å². The number of hydrogen-bond acceptors (Lipinski definition) is 2. The van der Waals surface area contributed by atoms with Crippen LogP contribution in [0.25, 0.3) is 11.1 Å². The van der Waals surface area contributed by atoms with Crippen LogP contribution in [0.3, 0.4) is 0 Å². The molecule has 0 saturated carbocycles. The number of rotatable bonds is 2. The summed E-state index contributed by atoms with van der Waals surface area (Å²) >= 11 is 0. The van der Waals surface area contributed by atoms with Gasteiger partial charge in [-0.25, -0.2) is 9.18 Å². The van der Waals surface area contributed by atoms with Gasteiger partial charge in [0.2, 0.25) is 0 Å². The number of hydrogen-bond donors (Lipinski definition) is 0. The van der Waals surface area contributed by atoms with E-state index in [0.29, 0.717) is 6.07 Å². The molecule has 21 heavy (non-hydrogen) atoms. The highest BCUT2D eigenvalue weighted by Crippen LogP contribution is 2.35. The van der Waals surface area contributed by atoms with Crippen LogP contribution < -0.4 is 0 Å². The van der Waals surface area contributed by atoms with E-state index in [1.165, 1.54) is 30.0 Å². The Balaban J connectivity index is 2.61. The maximum Gasteiger partial charge on any atom is 0.419 e. The molecular weight excluding hydrogens is 290 g/mol. The molecule has 0 aliphatic heterocycles. The molecule has 0 radical (unpaired) electrons. The number of halogens is 4. The molecule has 1 aromatic carbocycles. The maximum atomic E-state index is 13.3. The van der Waals surface area contributed by atoms with Gasteiger partial charge in [-0.2, -0.15) is 13.2 Å². The molecular formula is C14H11F4NO2. The van der Waals surface area contributed by atoms with Gasteiger partial charge >= 0.3 is 12.1 Å². The number of aromatic nitrogens is 1. The predicted octanol–water partition coefficient (Wildman–Crippen LogP) is 3.64. The molecule has 0 fully saturated rings. The molecule has 0 unspecified atom stereocenters. The van der Waals surface area contributed by atoms with E-state index in [1.807, 2.05) is 0 Å². The van der Waals surface area contributed by atoms with Crippen LogP contribution in [0.5, 0.6) is 0 Å². The Bertz CT molecular complexity index is 689. The number of carbonyl (C=O) groups is 1. The molecule has 1 heterocycles. The fourth-order valence-electron chi connectivity index (χ4n) is 2.02. The highest BCUT2D eigenvalue weighted by molar-refractivity contribution is 5.96.